The van der Waals surface area contributed by atoms with Gasteiger partial charge in [-0.15, -0.1) is 0 Å². The van der Waals surface area contributed by atoms with E-state index in [-0.39, 0.29) is 13.0 Å². The third-order valence-electron chi connectivity index (χ3n) is 5.99. The summed E-state index contributed by atoms with van der Waals surface area (Å²) in [5, 5.41) is 2.69. The predicted molar refractivity (Wildman–Crippen MR) is 134 cm³/mol. The third-order valence-corrected chi connectivity index (χ3v) is 5.99. The smallest absolute Gasteiger partial charge is 0.322 e. The molecule has 0 radical (unpaired) electrons. The Morgan fingerprint density at radius 2 is 1.62 bits per heavy atom. The SMILES string of the molecule is COc1ccc(N2C(=O)C[C@H](N(Cc3ccc(OC)c(OC)c3)C(=O)Nc3ccc(F)cc3)C2=O)cc1. The topological polar surface area (TPSA) is 97.4 Å². The Kier molecular flexibility index (Phi) is 7.57. The second-order valence-electron chi connectivity index (χ2n) is 8.24. The van der Waals surface area contributed by atoms with Crippen LogP contribution in [0.5, 0.6) is 17.2 Å². The first-order chi connectivity index (χ1) is 17.8. The van der Waals surface area contributed by atoms with Crippen molar-refractivity contribution in [2.45, 2.75) is 19.0 Å². The number of amides is 4. The number of halogens is 1. The van der Waals surface area contributed by atoms with E-state index in [1.165, 1.54) is 50.5 Å². The van der Waals surface area contributed by atoms with Gasteiger partial charge in [-0.1, -0.05) is 6.07 Å². The van der Waals surface area contributed by atoms with E-state index in [9.17, 15) is 18.8 Å². The number of imide groups is 1. The zero-order valence-electron chi connectivity index (χ0n) is 20.6. The number of rotatable bonds is 8. The largest absolute Gasteiger partial charge is 0.497 e. The number of benzene rings is 3. The van der Waals surface area contributed by atoms with Crippen molar-refractivity contribution in [1.82, 2.24) is 4.90 Å². The van der Waals surface area contributed by atoms with Crippen LogP contribution in [-0.4, -0.2) is 50.1 Å². The highest BCUT2D eigenvalue weighted by molar-refractivity contribution is 6.23. The fraction of sp³-hybridized carbons (Fsp3) is 0.222. The van der Waals surface area contributed by atoms with Gasteiger partial charge in [-0.05, 0) is 66.2 Å². The summed E-state index contributed by atoms with van der Waals surface area (Å²) < 4.78 is 29.1. The third kappa shape index (κ3) is 5.48. The van der Waals surface area contributed by atoms with Crippen molar-refractivity contribution >= 4 is 29.2 Å². The highest BCUT2D eigenvalue weighted by atomic mass is 19.1. The Balaban J connectivity index is 1.65. The van der Waals surface area contributed by atoms with Crippen molar-refractivity contribution in [3.8, 4) is 17.2 Å². The Labute approximate surface area is 213 Å². The molecule has 3 aromatic carbocycles. The number of nitrogens with zero attached hydrogens (tertiary/aromatic N) is 2. The molecule has 0 unspecified atom stereocenters. The van der Waals surface area contributed by atoms with Gasteiger partial charge in [0, 0.05) is 12.2 Å². The molecule has 1 fully saturated rings. The van der Waals surface area contributed by atoms with E-state index >= 15 is 0 Å². The van der Waals surface area contributed by atoms with Crippen molar-refractivity contribution in [2.75, 3.05) is 31.5 Å². The lowest BCUT2D eigenvalue weighted by atomic mass is 10.1. The molecular weight excluding hydrogens is 481 g/mol. The molecule has 1 N–H and O–H groups in total. The number of carbonyl (C=O) groups excluding carboxylic acids is 3. The summed E-state index contributed by atoms with van der Waals surface area (Å²) in [5.41, 5.74) is 1.37. The summed E-state index contributed by atoms with van der Waals surface area (Å²) in [6.07, 6.45) is -0.199. The van der Waals surface area contributed by atoms with E-state index in [2.05, 4.69) is 5.32 Å². The number of hydrogen-bond acceptors (Lipinski definition) is 6. The molecule has 0 bridgehead atoms. The summed E-state index contributed by atoms with van der Waals surface area (Å²) in [6, 6.07) is 15.2. The van der Waals surface area contributed by atoms with Gasteiger partial charge in [-0.25, -0.2) is 14.1 Å². The molecule has 192 valence electrons. The number of methoxy groups -OCH3 is 3. The highest BCUT2D eigenvalue weighted by Crippen LogP contribution is 2.31. The van der Waals surface area contributed by atoms with Gasteiger partial charge in [-0.3, -0.25) is 9.59 Å². The number of hydrogen-bond donors (Lipinski definition) is 1. The number of urea groups is 1. The Bertz CT molecular complexity index is 1300. The number of carbonyl (C=O) groups is 3. The Morgan fingerprint density at radius 1 is 0.946 bits per heavy atom. The van der Waals surface area contributed by atoms with Crippen molar-refractivity contribution in [3.05, 3.63) is 78.1 Å². The second-order valence-corrected chi connectivity index (χ2v) is 8.24. The van der Waals surface area contributed by atoms with Gasteiger partial charge < -0.3 is 24.4 Å². The maximum atomic E-state index is 13.5. The molecular formula is C27H26FN3O6. The van der Waals surface area contributed by atoms with Crippen LogP contribution in [0.25, 0.3) is 0 Å². The Hall–Kier alpha value is -4.60. The lowest BCUT2D eigenvalue weighted by Gasteiger charge is -2.28. The van der Waals surface area contributed by atoms with Crippen molar-refractivity contribution in [3.63, 3.8) is 0 Å². The fourth-order valence-corrected chi connectivity index (χ4v) is 4.09. The molecule has 1 aliphatic rings. The van der Waals surface area contributed by atoms with Crippen LogP contribution in [0, 0.1) is 5.82 Å². The fourth-order valence-electron chi connectivity index (χ4n) is 4.09. The minimum absolute atomic E-state index is 0.00643. The normalized spacial score (nSPS) is 14.9. The van der Waals surface area contributed by atoms with Gasteiger partial charge in [0.25, 0.3) is 5.91 Å². The first-order valence-electron chi connectivity index (χ1n) is 11.4. The van der Waals surface area contributed by atoms with Crippen LogP contribution in [0.1, 0.15) is 12.0 Å². The number of ether oxygens (including phenoxy) is 3. The van der Waals surface area contributed by atoms with E-state index in [0.29, 0.717) is 34.2 Å². The first-order valence-corrected chi connectivity index (χ1v) is 11.4. The van der Waals surface area contributed by atoms with E-state index in [4.69, 9.17) is 14.2 Å². The maximum absolute atomic E-state index is 13.5. The molecule has 1 aliphatic heterocycles. The van der Waals surface area contributed by atoms with Gasteiger partial charge in [0.15, 0.2) is 11.5 Å². The van der Waals surface area contributed by atoms with Gasteiger partial charge >= 0.3 is 6.03 Å². The molecule has 0 spiro atoms. The molecule has 0 saturated carbocycles. The minimum atomic E-state index is -1.07. The molecule has 1 atom stereocenters. The maximum Gasteiger partial charge on any atom is 0.322 e. The second kappa shape index (κ2) is 11.0. The molecule has 0 aromatic heterocycles. The average molecular weight is 508 g/mol. The molecule has 1 saturated heterocycles. The summed E-state index contributed by atoms with van der Waals surface area (Å²) >= 11 is 0. The highest BCUT2D eigenvalue weighted by Gasteiger charge is 2.44. The molecule has 10 heteroatoms. The first kappa shape index (κ1) is 25.5. The summed E-state index contributed by atoms with van der Waals surface area (Å²) in [6.45, 7) is -0.00643. The molecule has 1 heterocycles. The summed E-state index contributed by atoms with van der Waals surface area (Å²) in [5.74, 6) is 0.107. The quantitative estimate of drug-likeness (QED) is 0.459. The molecule has 0 aliphatic carbocycles. The van der Waals surface area contributed by atoms with Gasteiger partial charge in [0.05, 0.1) is 33.4 Å². The average Bonchev–Trinajstić information content (AvgIpc) is 3.21. The number of anilines is 2. The molecule has 37 heavy (non-hydrogen) atoms. The molecule has 3 aromatic rings. The van der Waals surface area contributed by atoms with Crippen LogP contribution in [-0.2, 0) is 16.1 Å². The molecule has 4 amide bonds. The van der Waals surface area contributed by atoms with Gasteiger partial charge in [0.1, 0.15) is 17.6 Å². The zero-order valence-corrected chi connectivity index (χ0v) is 20.6. The van der Waals surface area contributed by atoms with Crippen molar-refractivity contribution in [2.24, 2.45) is 0 Å². The van der Waals surface area contributed by atoms with Gasteiger partial charge in [-0.2, -0.15) is 0 Å². The summed E-state index contributed by atoms with van der Waals surface area (Å²) in [7, 11) is 4.52. The molecule has 4 rings (SSSR count). The van der Waals surface area contributed by atoms with Crippen LogP contribution in [0.2, 0.25) is 0 Å². The van der Waals surface area contributed by atoms with Crippen molar-refractivity contribution < 1.29 is 33.0 Å². The van der Waals surface area contributed by atoms with Crippen LogP contribution < -0.4 is 24.4 Å². The lowest BCUT2D eigenvalue weighted by Crippen LogP contribution is -2.46. The zero-order chi connectivity index (χ0) is 26.5. The number of nitrogens with one attached hydrogen (secondary N) is 1. The lowest BCUT2D eigenvalue weighted by molar-refractivity contribution is -0.122. The Morgan fingerprint density at radius 3 is 2.24 bits per heavy atom. The van der Waals surface area contributed by atoms with Crippen LogP contribution in [0.4, 0.5) is 20.6 Å². The predicted octanol–water partition coefficient (Wildman–Crippen LogP) is 4.22. The standard InChI is InChI=1S/C27H26FN3O6/c1-35-21-11-9-20(10-12-21)31-25(32)15-22(26(31)33)30(27(34)29-19-7-5-18(28)6-8-19)16-17-4-13-23(36-2)24(14-17)37-3/h4-14,22H,15-16H2,1-3H3,(H,29,34)/t22-/m0/s1. The van der Waals surface area contributed by atoms with E-state index in [1.807, 2.05) is 0 Å². The van der Waals surface area contributed by atoms with E-state index in [1.54, 1.807) is 42.5 Å². The summed E-state index contributed by atoms with van der Waals surface area (Å²) in [4.78, 5) is 42.2. The van der Waals surface area contributed by atoms with Gasteiger partial charge in [0.2, 0.25) is 5.91 Å². The minimum Gasteiger partial charge on any atom is -0.497 e. The van der Waals surface area contributed by atoms with Crippen LogP contribution >= 0.6 is 0 Å². The monoisotopic (exact) mass is 507 g/mol. The van der Waals surface area contributed by atoms with E-state index in [0.717, 1.165) is 4.90 Å². The van der Waals surface area contributed by atoms with Crippen molar-refractivity contribution in [1.29, 1.82) is 0 Å². The van der Waals surface area contributed by atoms with Crippen LogP contribution in [0.15, 0.2) is 66.7 Å². The van der Waals surface area contributed by atoms with E-state index < -0.39 is 29.7 Å². The molecule has 9 nitrogen and oxygen atoms in total. The van der Waals surface area contributed by atoms with Crippen LogP contribution in [0.3, 0.4) is 0 Å².